The lowest BCUT2D eigenvalue weighted by Crippen LogP contribution is -2.12. The molecule has 88 valence electrons. The second-order valence-corrected chi connectivity index (χ2v) is 4.13. The highest BCUT2D eigenvalue weighted by atomic mass is 35.5. The molecule has 0 aliphatic heterocycles. The summed E-state index contributed by atoms with van der Waals surface area (Å²) in [6.07, 6.45) is 0. The number of aliphatic imine (C=N–C) groups is 1. The van der Waals surface area contributed by atoms with Gasteiger partial charge in [0.2, 0.25) is 0 Å². The number of nitrogens with two attached hydrogens (primary N) is 1. The minimum absolute atomic E-state index is 0.00284. The molecule has 0 aromatic heterocycles. The Morgan fingerprint density at radius 2 is 2.00 bits per heavy atom. The predicted molar refractivity (Wildman–Crippen MR) is 60.4 cm³/mol. The van der Waals surface area contributed by atoms with E-state index in [1.807, 2.05) is 0 Å². The van der Waals surface area contributed by atoms with Crippen molar-refractivity contribution in [2.75, 3.05) is 5.88 Å². The number of benzene rings is 1. The maximum atomic E-state index is 12.2. The Hall–Kier alpha value is -0.880. The van der Waals surface area contributed by atoms with Crippen LogP contribution in [0.25, 0.3) is 0 Å². The first-order chi connectivity index (χ1) is 7.42. The van der Waals surface area contributed by atoms with Gasteiger partial charge in [-0.1, -0.05) is 12.1 Å². The molecule has 16 heavy (non-hydrogen) atoms. The second kappa shape index (κ2) is 5.45. The van der Waals surface area contributed by atoms with Crippen molar-refractivity contribution in [3.8, 4) is 0 Å². The van der Waals surface area contributed by atoms with E-state index in [0.717, 1.165) is 0 Å². The minimum Gasteiger partial charge on any atom is -0.386 e. The molecule has 1 rings (SSSR count). The van der Waals surface area contributed by atoms with Crippen LogP contribution in [0.2, 0.25) is 0 Å². The summed E-state index contributed by atoms with van der Waals surface area (Å²) in [7, 11) is 0. The summed E-state index contributed by atoms with van der Waals surface area (Å²) < 4.78 is 36.6. The van der Waals surface area contributed by atoms with E-state index in [-0.39, 0.29) is 34.1 Å². The number of halogens is 4. The summed E-state index contributed by atoms with van der Waals surface area (Å²) in [5.41, 5.74) is 1.19. The minimum atomic E-state index is -4.35. The Morgan fingerprint density at radius 1 is 1.38 bits per heavy atom. The molecule has 1 aromatic carbocycles. The van der Waals surface area contributed by atoms with Gasteiger partial charge in [-0.3, -0.25) is 0 Å². The van der Waals surface area contributed by atoms with Crippen molar-refractivity contribution in [2.24, 2.45) is 10.7 Å². The number of para-hydroxylation sites is 1. The summed E-state index contributed by atoms with van der Waals surface area (Å²) in [6.45, 7) is 0. The summed E-state index contributed by atoms with van der Waals surface area (Å²) in [5, 5.41) is 0. The first-order valence-electron chi connectivity index (χ1n) is 4.16. The van der Waals surface area contributed by atoms with Gasteiger partial charge >= 0.3 is 5.51 Å². The van der Waals surface area contributed by atoms with E-state index >= 15 is 0 Å². The van der Waals surface area contributed by atoms with Crippen LogP contribution in [0.5, 0.6) is 0 Å². The van der Waals surface area contributed by atoms with Crippen LogP contribution in [0.3, 0.4) is 0 Å². The van der Waals surface area contributed by atoms with Crippen LogP contribution in [0, 0.1) is 0 Å². The number of hydrogen-bond donors (Lipinski definition) is 1. The molecule has 1 aromatic rings. The van der Waals surface area contributed by atoms with Gasteiger partial charge in [0.05, 0.1) is 11.6 Å². The molecule has 0 unspecified atom stereocenters. The average molecular weight is 269 g/mol. The Bertz CT molecular complexity index is 393. The molecular formula is C9H8ClF3N2S. The molecule has 0 fully saturated rings. The van der Waals surface area contributed by atoms with Crippen LogP contribution in [0.15, 0.2) is 34.2 Å². The van der Waals surface area contributed by atoms with Gasteiger partial charge in [0.15, 0.2) is 0 Å². The highest BCUT2D eigenvalue weighted by molar-refractivity contribution is 8.00. The molecule has 0 aliphatic carbocycles. The molecular weight excluding hydrogens is 261 g/mol. The molecule has 0 spiro atoms. The highest BCUT2D eigenvalue weighted by Crippen LogP contribution is 2.41. The van der Waals surface area contributed by atoms with Crippen molar-refractivity contribution < 1.29 is 13.2 Å². The normalized spacial score (nSPS) is 12.9. The quantitative estimate of drug-likeness (QED) is 0.394. The third-order valence-corrected chi connectivity index (χ3v) is 2.56. The molecule has 0 atom stereocenters. The van der Waals surface area contributed by atoms with Crippen molar-refractivity contribution in [3.05, 3.63) is 24.3 Å². The zero-order valence-electron chi connectivity index (χ0n) is 7.96. The van der Waals surface area contributed by atoms with Gasteiger partial charge in [-0.15, -0.1) is 11.6 Å². The third kappa shape index (κ3) is 4.32. The summed E-state index contributed by atoms with van der Waals surface area (Å²) in [4.78, 5) is 3.81. The largest absolute Gasteiger partial charge is 0.446 e. The Balaban J connectivity index is 3.01. The topological polar surface area (TPSA) is 38.4 Å². The van der Waals surface area contributed by atoms with Gasteiger partial charge in [0.1, 0.15) is 5.84 Å². The Kier molecular flexibility index (Phi) is 4.49. The van der Waals surface area contributed by atoms with Gasteiger partial charge in [-0.05, 0) is 23.9 Å². The van der Waals surface area contributed by atoms with Crippen LogP contribution in [0.4, 0.5) is 18.9 Å². The van der Waals surface area contributed by atoms with Gasteiger partial charge in [-0.25, -0.2) is 4.99 Å². The van der Waals surface area contributed by atoms with E-state index in [0.29, 0.717) is 0 Å². The lowest BCUT2D eigenvalue weighted by molar-refractivity contribution is -0.0328. The van der Waals surface area contributed by atoms with Crippen LogP contribution < -0.4 is 5.73 Å². The van der Waals surface area contributed by atoms with Crippen molar-refractivity contribution in [1.29, 1.82) is 0 Å². The lowest BCUT2D eigenvalue weighted by Gasteiger charge is -2.08. The highest BCUT2D eigenvalue weighted by Gasteiger charge is 2.30. The first kappa shape index (κ1) is 13.2. The van der Waals surface area contributed by atoms with Gasteiger partial charge < -0.3 is 5.73 Å². The van der Waals surface area contributed by atoms with E-state index < -0.39 is 5.51 Å². The van der Waals surface area contributed by atoms with E-state index in [4.69, 9.17) is 17.3 Å². The standard InChI is InChI=1S/C9H8ClF3N2S/c10-5-8(14)15-6-3-1-2-4-7(6)16-9(11,12)13/h1-4H,5H2,(H2,14,15). The fourth-order valence-corrected chi connectivity index (χ4v) is 1.62. The number of amidine groups is 1. The second-order valence-electron chi connectivity index (χ2n) is 2.75. The van der Waals surface area contributed by atoms with Gasteiger partial charge in [0, 0.05) is 4.90 Å². The van der Waals surface area contributed by atoms with Crippen molar-refractivity contribution in [1.82, 2.24) is 0 Å². The number of hydrogen-bond acceptors (Lipinski definition) is 2. The third-order valence-electron chi connectivity index (χ3n) is 1.49. The summed E-state index contributed by atoms with van der Waals surface area (Å²) >= 11 is 5.18. The van der Waals surface area contributed by atoms with Crippen molar-refractivity contribution >= 4 is 34.9 Å². The molecule has 0 amide bonds. The Labute approximate surface area is 99.7 Å². The molecule has 2 N–H and O–H groups in total. The molecule has 0 saturated heterocycles. The zero-order valence-corrected chi connectivity index (χ0v) is 9.53. The van der Waals surface area contributed by atoms with Crippen LogP contribution in [-0.4, -0.2) is 17.2 Å². The van der Waals surface area contributed by atoms with Gasteiger partial charge in [0.25, 0.3) is 0 Å². The van der Waals surface area contributed by atoms with Crippen LogP contribution in [-0.2, 0) is 0 Å². The van der Waals surface area contributed by atoms with Crippen molar-refractivity contribution in [2.45, 2.75) is 10.4 Å². The molecule has 0 heterocycles. The first-order valence-corrected chi connectivity index (χ1v) is 5.51. The fraction of sp³-hybridized carbons (Fsp3) is 0.222. The smallest absolute Gasteiger partial charge is 0.386 e. The zero-order chi connectivity index (χ0) is 12.2. The maximum Gasteiger partial charge on any atom is 0.446 e. The molecule has 7 heteroatoms. The van der Waals surface area contributed by atoms with Crippen LogP contribution >= 0.6 is 23.4 Å². The SMILES string of the molecule is NC(CCl)=Nc1ccccc1SC(F)(F)F. The van der Waals surface area contributed by atoms with Gasteiger partial charge in [-0.2, -0.15) is 13.2 Å². The predicted octanol–water partition coefficient (Wildman–Crippen LogP) is 3.53. The van der Waals surface area contributed by atoms with Crippen LogP contribution in [0.1, 0.15) is 0 Å². The summed E-state index contributed by atoms with van der Waals surface area (Å²) in [6, 6.07) is 5.87. The average Bonchev–Trinajstić information content (AvgIpc) is 2.18. The molecule has 0 saturated carbocycles. The van der Waals surface area contributed by atoms with E-state index in [1.54, 1.807) is 6.07 Å². The molecule has 0 bridgehead atoms. The monoisotopic (exact) mass is 268 g/mol. The molecule has 2 nitrogen and oxygen atoms in total. The molecule has 0 radical (unpaired) electrons. The lowest BCUT2D eigenvalue weighted by atomic mass is 10.3. The van der Waals surface area contributed by atoms with Crippen molar-refractivity contribution in [3.63, 3.8) is 0 Å². The number of alkyl halides is 4. The fourth-order valence-electron chi connectivity index (χ4n) is 0.945. The number of rotatable bonds is 3. The molecule has 0 aliphatic rings. The number of thioether (sulfide) groups is 1. The van der Waals surface area contributed by atoms with E-state index in [9.17, 15) is 13.2 Å². The number of nitrogens with zero attached hydrogens (tertiary/aromatic N) is 1. The van der Waals surface area contributed by atoms with E-state index in [2.05, 4.69) is 4.99 Å². The maximum absolute atomic E-state index is 12.2. The summed E-state index contributed by atoms with van der Waals surface area (Å²) in [5.74, 6) is 0.0577. The van der Waals surface area contributed by atoms with E-state index in [1.165, 1.54) is 18.2 Å². The Morgan fingerprint density at radius 3 is 2.56 bits per heavy atom.